The summed E-state index contributed by atoms with van der Waals surface area (Å²) < 4.78 is 1.84. The number of aromatic nitrogens is 4. The molecule has 0 aliphatic carbocycles. The molecular weight excluding hydrogens is 294 g/mol. The second-order valence-electron chi connectivity index (χ2n) is 5.49. The molecule has 22 heavy (non-hydrogen) atoms. The van der Waals surface area contributed by atoms with Crippen molar-refractivity contribution in [3.63, 3.8) is 0 Å². The number of rotatable bonds is 4. The standard InChI is InChI=1S/C16H17N5S/c1-2-6-13(7-3-1)21-16(17-18-19-21)12-20-10-4-8-14(20)15-9-5-11-22-15/h1-3,5-7,9,11,14H,4,8,10,12H2/t14-/m1/s1. The van der Waals surface area contributed by atoms with Crippen LogP contribution in [0, 0.1) is 0 Å². The van der Waals surface area contributed by atoms with Crippen molar-refractivity contribution < 1.29 is 0 Å². The predicted octanol–water partition coefficient (Wildman–Crippen LogP) is 3.06. The summed E-state index contributed by atoms with van der Waals surface area (Å²) in [5.74, 6) is 0.898. The Balaban J connectivity index is 1.58. The van der Waals surface area contributed by atoms with Crippen molar-refractivity contribution in [2.75, 3.05) is 6.54 Å². The molecule has 0 saturated carbocycles. The van der Waals surface area contributed by atoms with Gasteiger partial charge < -0.3 is 0 Å². The molecule has 112 valence electrons. The Morgan fingerprint density at radius 3 is 2.86 bits per heavy atom. The van der Waals surface area contributed by atoms with E-state index in [-0.39, 0.29) is 0 Å². The summed E-state index contributed by atoms with van der Waals surface area (Å²) in [6.45, 7) is 1.88. The minimum Gasteiger partial charge on any atom is -0.288 e. The van der Waals surface area contributed by atoms with Crippen molar-refractivity contribution in [3.05, 3.63) is 58.5 Å². The maximum Gasteiger partial charge on any atom is 0.170 e. The first-order valence-corrected chi connectivity index (χ1v) is 8.40. The van der Waals surface area contributed by atoms with Gasteiger partial charge in [-0.15, -0.1) is 16.4 Å². The molecule has 0 radical (unpaired) electrons. The van der Waals surface area contributed by atoms with Crippen molar-refractivity contribution in [3.8, 4) is 5.69 Å². The number of tetrazole rings is 1. The highest BCUT2D eigenvalue weighted by Crippen LogP contribution is 2.35. The van der Waals surface area contributed by atoms with Crippen LogP contribution in [0.25, 0.3) is 5.69 Å². The molecule has 0 unspecified atom stereocenters. The SMILES string of the molecule is c1ccc(-n2nnnc2CN2CCC[C@@H]2c2cccs2)cc1. The molecule has 3 heterocycles. The Bertz CT molecular complexity index is 722. The van der Waals surface area contributed by atoms with Crippen LogP contribution in [0.5, 0.6) is 0 Å². The highest BCUT2D eigenvalue weighted by molar-refractivity contribution is 7.10. The van der Waals surface area contributed by atoms with Crippen molar-refractivity contribution in [2.24, 2.45) is 0 Å². The molecule has 2 aromatic heterocycles. The number of thiophene rings is 1. The molecule has 1 fully saturated rings. The number of nitrogens with zero attached hydrogens (tertiary/aromatic N) is 5. The fraction of sp³-hybridized carbons (Fsp3) is 0.312. The van der Waals surface area contributed by atoms with E-state index in [1.165, 1.54) is 17.7 Å². The predicted molar refractivity (Wildman–Crippen MR) is 85.9 cm³/mol. The molecule has 1 atom stereocenters. The van der Waals surface area contributed by atoms with E-state index >= 15 is 0 Å². The maximum atomic E-state index is 4.24. The lowest BCUT2D eigenvalue weighted by atomic mass is 10.2. The van der Waals surface area contributed by atoms with E-state index in [4.69, 9.17) is 0 Å². The molecule has 4 rings (SSSR count). The van der Waals surface area contributed by atoms with E-state index in [1.807, 2.05) is 46.4 Å². The van der Waals surface area contributed by atoms with Gasteiger partial charge in [0.05, 0.1) is 12.2 Å². The van der Waals surface area contributed by atoms with Gasteiger partial charge in [0, 0.05) is 10.9 Å². The van der Waals surface area contributed by atoms with Crippen molar-refractivity contribution in [1.29, 1.82) is 0 Å². The van der Waals surface area contributed by atoms with Gasteiger partial charge in [0.2, 0.25) is 0 Å². The molecule has 6 heteroatoms. The Morgan fingerprint density at radius 1 is 1.14 bits per heavy atom. The summed E-state index contributed by atoms with van der Waals surface area (Å²) in [7, 11) is 0. The Labute approximate surface area is 133 Å². The summed E-state index contributed by atoms with van der Waals surface area (Å²) in [5, 5.41) is 14.4. The van der Waals surface area contributed by atoms with E-state index in [9.17, 15) is 0 Å². The Morgan fingerprint density at radius 2 is 2.05 bits per heavy atom. The minimum atomic E-state index is 0.501. The highest BCUT2D eigenvalue weighted by Gasteiger charge is 2.28. The van der Waals surface area contributed by atoms with Crippen LogP contribution in [-0.4, -0.2) is 31.7 Å². The van der Waals surface area contributed by atoms with Gasteiger partial charge in [0.1, 0.15) is 0 Å². The fourth-order valence-electron chi connectivity index (χ4n) is 3.07. The number of likely N-dealkylation sites (tertiary alicyclic amines) is 1. The zero-order chi connectivity index (χ0) is 14.8. The van der Waals surface area contributed by atoms with Gasteiger partial charge in [-0.05, 0) is 53.4 Å². The smallest absolute Gasteiger partial charge is 0.170 e. The first-order valence-electron chi connectivity index (χ1n) is 7.52. The summed E-state index contributed by atoms with van der Waals surface area (Å²) in [4.78, 5) is 3.92. The molecule has 1 aliphatic heterocycles. The second-order valence-corrected chi connectivity index (χ2v) is 6.47. The second kappa shape index (κ2) is 5.98. The normalized spacial score (nSPS) is 18.8. The first-order chi connectivity index (χ1) is 10.9. The molecule has 3 aromatic rings. The summed E-state index contributed by atoms with van der Waals surface area (Å²) in [5.41, 5.74) is 1.01. The Hall–Kier alpha value is -2.05. The van der Waals surface area contributed by atoms with Gasteiger partial charge in [0.25, 0.3) is 0 Å². The third kappa shape index (κ3) is 2.55. The first kappa shape index (κ1) is 13.6. The molecule has 0 bridgehead atoms. The molecule has 0 N–H and O–H groups in total. The number of benzene rings is 1. The monoisotopic (exact) mass is 311 g/mol. The van der Waals surface area contributed by atoms with Gasteiger partial charge in [-0.25, -0.2) is 0 Å². The largest absolute Gasteiger partial charge is 0.288 e. The molecule has 5 nitrogen and oxygen atoms in total. The number of hydrogen-bond donors (Lipinski definition) is 0. The molecular formula is C16H17N5S. The molecule has 1 saturated heterocycles. The van der Waals surface area contributed by atoms with Crippen LogP contribution in [0.1, 0.15) is 29.6 Å². The van der Waals surface area contributed by atoms with Crippen LogP contribution in [0.4, 0.5) is 0 Å². The van der Waals surface area contributed by atoms with Crippen molar-refractivity contribution in [1.82, 2.24) is 25.1 Å². The average Bonchev–Trinajstić information content (AvgIpc) is 3.30. The summed E-state index contributed by atoms with van der Waals surface area (Å²) in [6.07, 6.45) is 2.45. The molecule has 0 amide bonds. The number of para-hydroxylation sites is 1. The molecule has 1 aliphatic rings. The lowest BCUT2D eigenvalue weighted by Crippen LogP contribution is -2.24. The third-order valence-corrected chi connectivity index (χ3v) is 5.09. The average molecular weight is 311 g/mol. The van der Waals surface area contributed by atoms with Crippen LogP contribution >= 0.6 is 11.3 Å². The topological polar surface area (TPSA) is 46.8 Å². The van der Waals surface area contributed by atoms with Gasteiger partial charge in [-0.2, -0.15) is 4.68 Å². The van der Waals surface area contributed by atoms with E-state index < -0.39 is 0 Å². The highest BCUT2D eigenvalue weighted by atomic mass is 32.1. The van der Waals surface area contributed by atoms with E-state index in [0.717, 1.165) is 24.6 Å². The van der Waals surface area contributed by atoms with E-state index in [1.54, 1.807) is 0 Å². The zero-order valence-electron chi connectivity index (χ0n) is 12.2. The lowest BCUT2D eigenvalue weighted by Gasteiger charge is -2.22. The van der Waals surface area contributed by atoms with Gasteiger partial charge >= 0.3 is 0 Å². The quantitative estimate of drug-likeness (QED) is 0.743. The number of hydrogen-bond acceptors (Lipinski definition) is 5. The van der Waals surface area contributed by atoms with Gasteiger partial charge in [0.15, 0.2) is 5.82 Å². The lowest BCUT2D eigenvalue weighted by molar-refractivity contribution is 0.243. The van der Waals surface area contributed by atoms with E-state index in [0.29, 0.717) is 6.04 Å². The van der Waals surface area contributed by atoms with Crippen LogP contribution in [-0.2, 0) is 6.54 Å². The fourth-order valence-corrected chi connectivity index (χ4v) is 3.97. The maximum absolute atomic E-state index is 4.24. The van der Waals surface area contributed by atoms with E-state index in [2.05, 4.69) is 37.9 Å². The van der Waals surface area contributed by atoms with Gasteiger partial charge in [-0.3, -0.25) is 4.90 Å². The van der Waals surface area contributed by atoms with Crippen LogP contribution in [0.3, 0.4) is 0 Å². The zero-order valence-corrected chi connectivity index (χ0v) is 13.0. The minimum absolute atomic E-state index is 0.501. The van der Waals surface area contributed by atoms with Gasteiger partial charge in [-0.1, -0.05) is 24.3 Å². The van der Waals surface area contributed by atoms with Crippen LogP contribution in [0.2, 0.25) is 0 Å². The van der Waals surface area contributed by atoms with Crippen molar-refractivity contribution in [2.45, 2.75) is 25.4 Å². The summed E-state index contributed by atoms with van der Waals surface area (Å²) >= 11 is 1.84. The third-order valence-electron chi connectivity index (χ3n) is 4.11. The molecule has 1 aromatic carbocycles. The molecule has 0 spiro atoms. The Kier molecular flexibility index (Phi) is 3.70. The van der Waals surface area contributed by atoms with Crippen LogP contribution < -0.4 is 0 Å². The summed E-state index contributed by atoms with van der Waals surface area (Å²) in [6, 6.07) is 14.9. The van der Waals surface area contributed by atoms with Crippen LogP contribution in [0.15, 0.2) is 47.8 Å². The van der Waals surface area contributed by atoms with Crippen molar-refractivity contribution >= 4 is 11.3 Å².